The fourth-order valence-electron chi connectivity index (χ4n) is 8.54. The maximum atomic E-state index is 16.7. The highest BCUT2D eigenvalue weighted by Crippen LogP contribution is 2.48. The van der Waals surface area contributed by atoms with Gasteiger partial charge >= 0.3 is 6.01 Å². The quantitative estimate of drug-likeness (QED) is 0.298. The third-order valence-electron chi connectivity index (χ3n) is 11.2. The molecule has 0 radical (unpaired) electrons. The van der Waals surface area contributed by atoms with Gasteiger partial charge in [0, 0.05) is 85.1 Å². The van der Waals surface area contributed by atoms with Gasteiger partial charge in [-0.05, 0) is 67.9 Å². The number of nitrogens with zero attached hydrogens (tertiary/aromatic N) is 5. The van der Waals surface area contributed by atoms with Crippen LogP contribution in [0.4, 0.5) is 19.0 Å². The number of piperazine rings is 1. The molecule has 1 saturated carbocycles. The standard InChI is InChI=1S/C35H37F3N6O2/c1-42-12-20-13-43(16-28(20)42)17-35(8-9-35)18-46-34-40-32-25(33(41-34)44-14-21-3-4-22(15-44)39-21)6-5-24(30(32)37)26-11-23(45)10-19-2-7-27(36)31(38)29(19)26/h2,5-7,10-11,20-22,28,39,45H,3-4,8-9,12-18H2,1H3. The molecule has 11 heteroatoms. The maximum Gasteiger partial charge on any atom is 0.319 e. The van der Waals surface area contributed by atoms with Gasteiger partial charge in [-0.2, -0.15) is 9.97 Å². The Balaban J connectivity index is 1.10. The van der Waals surface area contributed by atoms with Crippen LogP contribution in [-0.4, -0.2) is 95.9 Å². The smallest absolute Gasteiger partial charge is 0.319 e. The number of benzene rings is 3. The van der Waals surface area contributed by atoms with Crippen LogP contribution in [0.25, 0.3) is 32.8 Å². The summed E-state index contributed by atoms with van der Waals surface area (Å²) in [6.07, 6.45) is 4.30. The molecule has 5 fully saturated rings. The van der Waals surface area contributed by atoms with Crippen LogP contribution in [0.5, 0.6) is 11.8 Å². The van der Waals surface area contributed by atoms with Crippen molar-refractivity contribution in [3.8, 4) is 22.9 Å². The van der Waals surface area contributed by atoms with Gasteiger partial charge in [0.1, 0.15) is 17.1 Å². The summed E-state index contributed by atoms with van der Waals surface area (Å²) in [6.45, 7) is 6.29. The van der Waals surface area contributed by atoms with Crippen molar-refractivity contribution in [2.45, 2.75) is 43.8 Å². The predicted octanol–water partition coefficient (Wildman–Crippen LogP) is 4.92. The van der Waals surface area contributed by atoms with Crippen molar-refractivity contribution < 1.29 is 23.0 Å². The molecule has 0 amide bonds. The highest BCUT2D eigenvalue weighted by atomic mass is 19.2. The fraction of sp³-hybridized carbons (Fsp3) is 0.486. The number of likely N-dealkylation sites (tertiary alicyclic amines) is 2. The molecule has 5 aliphatic rings. The number of phenols is 1. The van der Waals surface area contributed by atoms with Gasteiger partial charge in [0.2, 0.25) is 0 Å². The fourth-order valence-corrected chi connectivity index (χ4v) is 8.54. The Morgan fingerprint density at radius 1 is 0.935 bits per heavy atom. The van der Waals surface area contributed by atoms with E-state index in [2.05, 4.69) is 32.0 Å². The zero-order valence-corrected chi connectivity index (χ0v) is 25.8. The zero-order chi connectivity index (χ0) is 31.3. The van der Waals surface area contributed by atoms with Gasteiger partial charge in [0.25, 0.3) is 0 Å². The molecule has 0 spiro atoms. The summed E-state index contributed by atoms with van der Waals surface area (Å²) in [5, 5.41) is 14.8. The Bertz CT molecular complexity index is 1870. The van der Waals surface area contributed by atoms with Gasteiger partial charge in [-0.15, -0.1) is 0 Å². The molecule has 4 aliphatic heterocycles. The first kappa shape index (κ1) is 28.5. The van der Waals surface area contributed by atoms with Crippen molar-refractivity contribution in [3.05, 3.63) is 53.8 Å². The number of hydrogen-bond donors (Lipinski definition) is 2. The van der Waals surface area contributed by atoms with Gasteiger partial charge in [-0.1, -0.05) is 12.1 Å². The average molecular weight is 631 g/mol. The lowest BCUT2D eigenvalue weighted by Gasteiger charge is -2.40. The molecule has 5 heterocycles. The summed E-state index contributed by atoms with van der Waals surface area (Å²) < 4.78 is 52.6. The molecule has 3 aromatic carbocycles. The van der Waals surface area contributed by atoms with E-state index in [1.54, 1.807) is 12.1 Å². The lowest BCUT2D eigenvalue weighted by molar-refractivity contribution is 0.0824. The average Bonchev–Trinajstić information content (AvgIpc) is 3.62. The number of fused-ring (bicyclic) bond motifs is 5. The van der Waals surface area contributed by atoms with Crippen molar-refractivity contribution in [3.63, 3.8) is 0 Å². The SMILES string of the molecule is CN1CC2CN(CC3(COc4nc(N5CC6CCC(C5)N6)c5ccc(-c6cc(O)cc7ccc(F)c(F)c67)c(F)c5n4)CC3)CC21. The minimum Gasteiger partial charge on any atom is -0.508 e. The molecule has 2 N–H and O–H groups in total. The molecule has 240 valence electrons. The molecule has 1 aromatic heterocycles. The summed E-state index contributed by atoms with van der Waals surface area (Å²) >= 11 is 0. The highest BCUT2D eigenvalue weighted by molar-refractivity contribution is 6.01. The normalized spacial score (nSPS) is 26.9. The monoisotopic (exact) mass is 630 g/mol. The van der Waals surface area contributed by atoms with Crippen LogP contribution in [0.1, 0.15) is 25.7 Å². The second-order valence-electron chi connectivity index (χ2n) is 14.4. The first-order valence-corrected chi connectivity index (χ1v) is 16.4. The topological polar surface area (TPSA) is 77.0 Å². The van der Waals surface area contributed by atoms with E-state index in [1.165, 1.54) is 24.7 Å². The van der Waals surface area contributed by atoms with E-state index in [0.717, 1.165) is 70.4 Å². The summed E-state index contributed by atoms with van der Waals surface area (Å²) in [7, 11) is 2.20. The van der Waals surface area contributed by atoms with Gasteiger partial charge in [-0.3, -0.25) is 0 Å². The zero-order valence-electron chi connectivity index (χ0n) is 25.8. The van der Waals surface area contributed by atoms with Gasteiger partial charge in [-0.25, -0.2) is 13.2 Å². The first-order chi connectivity index (χ1) is 22.2. The lowest BCUT2D eigenvalue weighted by atomic mass is 9.93. The van der Waals surface area contributed by atoms with Crippen LogP contribution in [0.3, 0.4) is 0 Å². The molecular formula is C35H37F3N6O2. The largest absolute Gasteiger partial charge is 0.508 e. The summed E-state index contributed by atoms with van der Waals surface area (Å²) in [5.74, 6) is -1.64. The molecule has 1 aliphatic carbocycles. The number of nitrogens with one attached hydrogen (secondary N) is 1. The Morgan fingerprint density at radius 2 is 1.74 bits per heavy atom. The number of phenolic OH excluding ortho intramolecular Hbond substituents is 1. The summed E-state index contributed by atoms with van der Waals surface area (Å²) in [6, 6.07) is 9.70. The highest BCUT2D eigenvalue weighted by Gasteiger charge is 2.50. The molecule has 4 unspecified atom stereocenters. The number of ether oxygens (including phenoxy) is 1. The number of anilines is 1. The Kier molecular flexibility index (Phi) is 6.46. The van der Waals surface area contributed by atoms with Crippen LogP contribution >= 0.6 is 0 Å². The Labute approximate surface area is 265 Å². The molecule has 9 rings (SSSR count). The van der Waals surface area contributed by atoms with Crippen LogP contribution in [0.15, 0.2) is 36.4 Å². The third-order valence-corrected chi connectivity index (χ3v) is 11.2. The molecular weight excluding hydrogens is 593 g/mol. The molecule has 4 aromatic rings. The van der Waals surface area contributed by atoms with Crippen LogP contribution in [0.2, 0.25) is 0 Å². The number of halogens is 3. The van der Waals surface area contributed by atoms with Crippen LogP contribution < -0.4 is 15.0 Å². The van der Waals surface area contributed by atoms with E-state index < -0.39 is 17.5 Å². The number of hydrogen-bond acceptors (Lipinski definition) is 8. The number of aromatic nitrogens is 2. The predicted molar refractivity (Wildman–Crippen MR) is 170 cm³/mol. The van der Waals surface area contributed by atoms with Crippen molar-refractivity contribution >= 4 is 27.5 Å². The van der Waals surface area contributed by atoms with Gasteiger partial charge in [0.05, 0.1) is 6.61 Å². The van der Waals surface area contributed by atoms with Gasteiger partial charge in [0.15, 0.2) is 17.5 Å². The van der Waals surface area contributed by atoms with E-state index in [0.29, 0.717) is 35.9 Å². The minimum atomic E-state index is -1.09. The summed E-state index contributed by atoms with van der Waals surface area (Å²) in [5.41, 5.74) is 0.163. The molecule has 2 bridgehead atoms. The lowest BCUT2D eigenvalue weighted by Crippen LogP contribution is -2.52. The molecule has 46 heavy (non-hydrogen) atoms. The minimum absolute atomic E-state index is 0.0150. The third kappa shape index (κ3) is 4.69. The van der Waals surface area contributed by atoms with E-state index in [4.69, 9.17) is 9.72 Å². The van der Waals surface area contributed by atoms with Crippen LogP contribution in [0, 0.1) is 28.8 Å². The van der Waals surface area contributed by atoms with E-state index >= 15 is 8.78 Å². The maximum absolute atomic E-state index is 16.7. The Morgan fingerprint density at radius 3 is 2.48 bits per heavy atom. The molecule has 4 saturated heterocycles. The number of aromatic hydroxyl groups is 1. The van der Waals surface area contributed by atoms with E-state index in [1.807, 2.05) is 0 Å². The number of likely N-dealkylation sites (N-methyl/N-ethyl adjacent to an activating group) is 1. The summed E-state index contributed by atoms with van der Waals surface area (Å²) in [4.78, 5) is 16.7. The van der Waals surface area contributed by atoms with Crippen LogP contribution in [-0.2, 0) is 0 Å². The molecule has 8 nitrogen and oxygen atoms in total. The number of rotatable bonds is 7. The first-order valence-electron chi connectivity index (χ1n) is 16.4. The van der Waals surface area contributed by atoms with Crippen molar-refractivity contribution in [1.82, 2.24) is 25.1 Å². The van der Waals surface area contributed by atoms with E-state index in [9.17, 15) is 9.50 Å². The Hall–Kier alpha value is -3.67. The van der Waals surface area contributed by atoms with Crippen molar-refractivity contribution in [2.24, 2.45) is 11.3 Å². The van der Waals surface area contributed by atoms with Crippen molar-refractivity contribution in [1.29, 1.82) is 0 Å². The molecule has 4 atom stereocenters. The second kappa shape index (κ2) is 10.4. The van der Waals surface area contributed by atoms with Gasteiger partial charge < -0.3 is 29.9 Å². The van der Waals surface area contributed by atoms with E-state index in [-0.39, 0.29) is 44.6 Å². The van der Waals surface area contributed by atoms with Crippen molar-refractivity contribution in [2.75, 3.05) is 57.8 Å². The second-order valence-corrected chi connectivity index (χ2v) is 14.4.